The first-order valence-electron chi connectivity index (χ1n) is 5.87. The molecule has 1 atom stereocenters. The standard InChI is InChI=1S/C13H19FN2O2/c1-9(17)6-13(2,3)8-16-12(18)10-4-5-15-7-11(10)14/h4-5,7,9,17H,6,8H2,1-3H3,(H,16,18). The third-order valence-corrected chi connectivity index (χ3v) is 2.59. The Bertz CT molecular complexity index is 419. The average molecular weight is 254 g/mol. The molecule has 1 aromatic rings. The van der Waals surface area contributed by atoms with E-state index in [1.165, 1.54) is 12.3 Å². The van der Waals surface area contributed by atoms with Gasteiger partial charge in [0.15, 0.2) is 5.82 Å². The van der Waals surface area contributed by atoms with Crippen molar-refractivity contribution in [2.45, 2.75) is 33.3 Å². The van der Waals surface area contributed by atoms with Crippen molar-refractivity contribution in [2.24, 2.45) is 5.41 Å². The summed E-state index contributed by atoms with van der Waals surface area (Å²) in [5, 5.41) is 12.0. The quantitative estimate of drug-likeness (QED) is 0.841. The molecule has 1 rings (SSSR count). The lowest BCUT2D eigenvalue weighted by molar-refractivity contribution is 0.0898. The van der Waals surface area contributed by atoms with E-state index in [9.17, 15) is 14.3 Å². The van der Waals surface area contributed by atoms with Gasteiger partial charge in [-0.05, 0) is 24.8 Å². The van der Waals surface area contributed by atoms with Gasteiger partial charge >= 0.3 is 0 Å². The Labute approximate surface area is 106 Å². The van der Waals surface area contributed by atoms with Crippen molar-refractivity contribution >= 4 is 5.91 Å². The van der Waals surface area contributed by atoms with Gasteiger partial charge in [-0.15, -0.1) is 0 Å². The molecule has 4 nitrogen and oxygen atoms in total. The highest BCUT2D eigenvalue weighted by molar-refractivity contribution is 5.94. The number of halogens is 1. The lowest BCUT2D eigenvalue weighted by Gasteiger charge is -2.26. The Balaban J connectivity index is 2.59. The van der Waals surface area contributed by atoms with Crippen molar-refractivity contribution in [3.8, 4) is 0 Å². The van der Waals surface area contributed by atoms with Crippen LogP contribution in [0.15, 0.2) is 18.5 Å². The third-order valence-electron chi connectivity index (χ3n) is 2.59. The van der Waals surface area contributed by atoms with Gasteiger partial charge in [0, 0.05) is 12.7 Å². The van der Waals surface area contributed by atoms with E-state index < -0.39 is 17.8 Å². The maximum absolute atomic E-state index is 13.3. The van der Waals surface area contributed by atoms with Crippen LogP contribution in [0.2, 0.25) is 0 Å². The number of carbonyl (C=O) groups is 1. The number of nitrogens with zero attached hydrogens (tertiary/aromatic N) is 1. The molecule has 0 bridgehead atoms. The summed E-state index contributed by atoms with van der Waals surface area (Å²) in [6.45, 7) is 5.94. The minimum Gasteiger partial charge on any atom is -0.393 e. The maximum Gasteiger partial charge on any atom is 0.254 e. The lowest BCUT2D eigenvalue weighted by Crippen LogP contribution is -2.36. The van der Waals surface area contributed by atoms with Gasteiger partial charge in [0.25, 0.3) is 5.91 Å². The molecule has 1 aromatic heterocycles. The highest BCUT2D eigenvalue weighted by atomic mass is 19.1. The molecule has 2 N–H and O–H groups in total. The van der Waals surface area contributed by atoms with Crippen LogP contribution in [0, 0.1) is 11.2 Å². The first kappa shape index (κ1) is 14.6. The fourth-order valence-corrected chi connectivity index (χ4v) is 1.85. The molecule has 0 aliphatic heterocycles. The zero-order valence-electron chi connectivity index (χ0n) is 10.9. The van der Waals surface area contributed by atoms with Crippen molar-refractivity contribution in [1.82, 2.24) is 10.3 Å². The van der Waals surface area contributed by atoms with Gasteiger partial charge in [0.1, 0.15) is 0 Å². The number of aliphatic hydroxyl groups excluding tert-OH is 1. The van der Waals surface area contributed by atoms with E-state index in [4.69, 9.17) is 0 Å². The number of carbonyl (C=O) groups excluding carboxylic acids is 1. The van der Waals surface area contributed by atoms with Crippen LogP contribution in [0.25, 0.3) is 0 Å². The average Bonchev–Trinajstić information content (AvgIpc) is 2.25. The first-order chi connectivity index (χ1) is 8.32. The summed E-state index contributed by atoms with van der Waals surface area (Å²) in [6.07, 6.45) is 2.51. The topological polar surface area (TPSA) is 62.2 Å². The maximum atomic E-state index is 13.3. The summed E-state index contributed by atoms with van der Waals surface area (Å²) in [7, 11) is 0. The minimum atomic E-state index is -0.636. The Morgan fingerprint density at radius 3 is 2.83 bits per heavy atom. The predicted molar refractivity (Wildman–Crippen MR) is 66.6 cm³/mol. The monoisotopic (exact) mass is 254 g/mol. The molecular formula is C13H19FN2O2. The Morgan fingerprint density at radius 2 is 2.28 bits per heavy atom. The van der Waals surface area contributed by atoms with Crippen LogP contribution in [0.4, 0.5) is 4.39 Å². The van der Waals surface area contributed by atoms with Gasteiger partial charge in [-0.1, -0.05) is 13.8 Å². The molecule has 0 saturated heterocycles. The predicted octanol–water partition coefficient (Wildman–Crippen LogP) is 1.75. The summed E-state index contributed by atoms with van der Waals surface area (Å²) in [6, 6.07) is 1.34. The number of aromatic nitrogens is 1. The number of rotatable bonds is 5. The van der Waals surface area contributed by atoms with E-state index in [0.29, 0.717) is 13.0 Å². The number of amides is 1. The zero-order chi connectivity index (χ0) is 13.8. The Morgan fingerprint density at radius 1 is 1.61 bits per heavy atom. The van der Waals surface area contributed by atoms with E-state index in [1.54, 1.807) is 6.92 Å². The van der Waals surface area contributed by atoms with Crippen LogP contribution in [0.5, 0.6) is 0 Å². The van der Waals surface area contributed by atoms with Crippen LogP contribution in [0.1, 0.15) is 37.6 Å². The van der Waals surface area contributed by atoms with Crippen molar-refractivity contribution < 1.29 is 14.3 Å². The molecule has 0 aliphatic rings. The van der Waals surface area contributed by atoms with E-state index >= 15 is 0 Å². The summed E-state index contributed by atoms with van der Waals surface area (Å²) in [5.41, 5.74) is -0.259. The van der Waals surface area contributed by atoms with Gasteiger partial charge in [-0.25, -0.2) is 4.39 Å². The van der Waals surface area contributed by atoms with E-state index in [-0.39, 0.29) is 11.0 Å². The number of hydrogen-bond donors (Lipinski definition) is 2. The lowest BCUT2D eigenvalue weighted by atomic mass is 9.87. The van der Waals surface area contributed by atoms with Gasteiger partial charge in [-0.3, -0.25) is 9.78 Å². The molecular weight excluding hydrogens is 235 g/mol. The van der Waals surface area contributed by atoms with Crippen LogP contribution >= 0.6 is 0 Å². The molecule has 0 fully saturated rings. The molecule has 5 heteroatoms. The fourth-order valence-electron chi connectivity index (χ4n) is 1.85. The Kier molecular flexibility index (Phi) is 4.78. The molecule has 1 heterocycles. The summed E-state index contributed by atoms with van der Waals surface area (Å²) in [4.78, 5) is 15.3. The molecule has 18 heavy (non-hydrogen) atoms. The van der Waals surface area contributed by atoms with Crippen LogP contribution < -0.4 is 5.32 Å². The van der Waals surface area contributed by atoms with Gasteiger partial charge in [-0.2, -0.15) is 0 Å². The molecule has 0 aliphatic carbocycles. The van der Waals surface area contributed by atoms with Crippen molar-refractivity contribution in [3.05, 3.63) is 29.8 Å². The minimum absolute atomic E-state index is 0.0159. The van der Waals surface area contributed by atoms with Gasteiger partial charge < -0.3 is 10.4 Å². The molecule has 1 unspecified atom stereocenters. The fraction of sp³-hybridized carbons (Fsp3) is 0.538. The third kappa shape index (κ3) is 4.41. The van der Waals surface area contributed by atoms with Crippen molar-refractivity contribution in [3.63, 3.8) is 0 Å². The molecule has 0 saturated carbocycles. The number of hydrogen-bond acceptors (Lipinski definition) is 3. The second kappa shape index (κ2) is 5.91. The SMILES string of the molecule is CC(O)CC(C)(C)CNC(=O)c1ccncc1F. The van der Waals surface area contributed by atoms with Crippen LogP contribution in [-0.2, 0) is 0 Å². The first-order valence-corrected chi connectivity index (χ1v) is 5.87. The Hall–Kier alpha value is -1.49. The molecule has 0 spiro atoms. The summed E-state index contributed by atoms with van der Waals surface area (Å²) < 4.78 is 13.3. The van der Waals surface area contributed by atoms with Gasteiger partial charge in [0.05, 0.1) is 17.9 Å². The largest absolute Gasteiger partial charge is 0.393 e. The zero-order valence-corrected chi connectivity index (χ0v) is 10.9. The second-order valence-corrected chi connectivity index (χ2v) is 5.26. The number of aliphatic hydroxyl groups is 1. The molecule has 0 aromatic carbocycles. The van der Waals surface area contributed by atoms with Crippen LogP contribution in [0.3, 0.4) is 0 Å². The van der Waals surface area contributed by atoms with E-state index in [1.807, 2.05) is 13.8 Å². The van der Waals surface area contributed by atoms with Crippen molar-refractivity contribution in [1.29, 1.82) is 0 Å². The normalized spacial score (nSPS) is 13.2. The highest BCUT2D eigenvalue weighted by Crippen LogP contribution is 2.21. The van der Waals surface area contributed by atoms with E-state index in [0.717, 1.165) is 6.20 Å². The van der Waals surface area contributed by atoms with E-state index in [2.05, 4.69) is 10.3 Å². The summed E-state index contributed by atoms with van der Waals surface area (Å²) in [5.74, 6) is -1.10. The van der Waals surface area contributed by atoms with Gasteiger partial charge in [0.2, 0.25) is 0 Å². The van der Waals surface area contributed by atoms with Crippen LogP contribution in [-0.4, -0.2) is 28.6 Å². The number of nitrogens with one attached hydrogen (secondary N) is 1. The number of pyridine rings is 1. The summed E-state index contributed by atoms with van der Waals surface area (Å²) >= 11 is 0. The molecule has 0 radical (unpaired) electrons. The second-order valence-electron chi connectivity index (χ2n) is 5.26. The molecule has 1 amide bonds. The smallest absolute Gasteiger partial charge is 0.254 e. The van der Waals surface area contributed by atoms with Crippen molar-refractivity contribution in [2.75, 3.05) is 6.54 Å². The highest BCUT2D eigenvalue weighted by Gasteiger charge is 2.22. The molecule has 100 valence electrons.